The van der Waals surface area contributed by atoms with Gasteiger partial charge in [0.1, 0.15) is 10.7 Å². The van der Waals surface area contributed by atoms with Crippen LogP contribution < -0.4 is 0 Å². The van der Waals surface area contributed by atoms with Gasteiger partial charge in [0.25, 0.3) is 5.91 Å². The maximum Gasteiger partial charge on any atom is 0.264 e. The Balaban J connectivity index is 1.50. The van der Waals surface area contributed by atoms with E-state index in [2.05, 4.69) is 39.1 Å². The van der Waals surface area contributed by atoms with Gasteiger partial charge in [-0.25, -0.2) is 9.97 Å². The molecule has 0 atom stereocenters. The second-order valence-electron chi connectivity index (χ2n) is 7.50. The molecule has 0 unspecified atom stereocenters. The van der Waals surface area contributed by atoms with E-state index in [-0.39, 0.29) is 5.91 Å². The summed E-state index contributed by atoms with van der Waals surface area (Å²) in [6.45, 7) is 10.4. The van der Waals surface area contributed by atoms with Crippen molar-refractivity contribution in [1.82, 2.24) is 19.8 Å². The third kappa shape index (κ3) is 3.80. The predicted octanol–water partition coefficient (Wildman–Crippen LogP) is 3.96. The van der Waals surface area contributed by atoms with Crippen LogP contribution in [0.15, 0.2) is 30.3 Å². The van der Waals surface area contributed by atoms with E-state index >= 15 is 0 Å². The van der Waals surface area contributed by atoms with Crippen LogP contribution in [-0.2, 0) is 6.54 Å². The van der Waals surface area contributed by atoms with E-state index in [1.165, 1.54) is 16.9 Å². The van der Waals surface area contributed by atoms with Crippen LogP contribution in [0.25, 0.3) is 10.2 Å². The highest BCUT2D eigenvalue weighted by Gasteiger charge is 2.25. The summed E-state index contributed by atoms with van der Waals surface area (Å²) in [7, 11) is 0. The zero-order valence-electron chi connectivity index (χ0n) is 16.7. The molecular formula is C22H26N4OS. The summed E-state index contributed by atoms with van der Waals surface area (Å²) in [6.07, 6.45) is 1.00. The minimum absolute atomic E-state index is 0.138. The lowest BCUT2D eigenvalue weighted by molar-refractivity contribution is 0.0765. The summed E-state index contributed by atoms with van der Waals surface area (Å²) in [4.78, 5) is 28.5. The lowest BCUT2D eigenvalue weighted by atomic mass is 10.1. The van der Waals surface area contributed by atoms with Crippen molar-refractivity contribution in [3.63, 3.8) is 0 Å². The Bertz CT molecular complexity index is 999. The van der Waals surface area contributed by atoms with Crippen LogP contribution in [0, 0.1) is 20.8 Å². The molecule has 5 nitrogen and oxygen atoms in total. The van der Waals surface area contributed by atoms with Crippen molar-refractivity contribution in [3.05, 3.63) is 57.9 Å². The Labute approximate surface area is 170 Å². The predicted molar refractivity (Wildman–Crippen MR) is 114 cm³/mol. The van der Waals surface area contributed by atoms with Crippen LogP contribution in [-0.4, -0.2) is 51.9 Å². The summed E-state index contributed by atoms with van der Waals surface area (Å²) in [5.74, 6) is 0.899. The summed E-state index contributed by atoms with van der Waals surface area (Å²) in [5.41, 5.74) is 3.31. The summed E-state index contributed by atoms with van der Waals surface area (Å²) < 4.78 is 0. The quantitative estimate of drug-likeness (QED) is 0.675. The van der Waals surface area contributed by atoms with Gasteiger partial charge in [0.05, 0.1) is 4.88 Å². The van der Waals surface area contributed by atoms with E-state index in [0.717, 1.165) is 71.3 Å². The molecule has 0 radical (unpaired) electrons. The van der Waals surface area contributed by atoms with E-state index in [0.29, 0.717) is 0 Å². The normalized spacial score (nSPS) is 15.8. The van der Waals surface area contributed by atoms with Gasteiger partial charge in [-0.05, 0) is 38.3 Å². The highest BCUT2D eigenvalue weighted by molar-refractivity contribution is 7.20. The SMILES string of the molecule is Cc1nc(C)c2c(C)c(C(=O)N3CCCN(Cc4ccccc4)CC3)sc2n1. The Morgan fingerprint density at radius 3 is 2.61 bits per heavy atom. The summed E-state index contributed by atoms with van der Waals surface area (Å²) >= 11 is 1.51. The van der Waals surface area contributed by atoms with E-state index in [9.17, 15) is 4.79 Å². The van der Waals surface area contributed by atoms with Crippen molar-refractivity contribution in [3.8, 4) is 0 Å². The van der Waals surface area contributed by atoms with E-state index in [1.54, 1.807) is 0 Å². The zero-order chi connectivity index (χ0) is 19.7. The molecule has 146 valence electrons. The molecule has 0 bridgehead atoms. The molecule has 6 heteroatoms. The number of aromatic nitrogens is 2. The van der Waals surface area contributed by atoms with Gasteiger partial charge in [0.15, 0.2) is 0 Å². The minimum Gasteiger partial charge on any atom is -0.337 e. The molecule has 0 aliphatic carbocycles. The number of amides is 1. The number of rotatable bonds is 3. The third-order valence-electron chi connectivity index (χ3n) is 5.40. The Kier molecular flexibility index (Phi) is 5.42. The van der Waals surface area contributed by atoms with Crippen molar-refractivity contribution in [2.45, 2.75) is 33.7 Å². The first kappa shape index (κ1) is 19.0. The smallest absolute Gasteiger partial charge is 0.264 e. The van der Waals surface area contributed by atoms with E-state index in [4.69, 9.17) is 0 Å². The van der Waals surface area contributed by atoms with Gasteiger partial charge in [-0.15, -0.1) is 11.3 Å². The van der Waals surface area contributed by atoms with Crippen molar-refractivity contribution >= 4 is 27.5 Å². The van der Waals surface area contributed by atoms with E-state index < -0.39 is 0 Å². The van der Waals surface area contributed by atoms with Crippen LogP contribution in [0.1, 0.15) is 38.7 Å². The lowest BCUT2D eigenvalue weighted by Crippen LogP contribution is -2.35. The van der Waals surface area contributed by atoms with Gasteiger partial charge in [0.2, 0.25) is 0 Å². The second-order valence-corrected chi connectivity index (χ2v) is 8.50. The van der Waals surface area contributed by atoms with Crippen LogP contribution in [0.4, 0.5) is 0 Å². The molecule has 3 heterocycles. The van der Waals surface area contributed by atoms with Crippen molar-refractivity contribution < 1.29 is 4.79 Å². The van der Waals surface area contributed by atoms with Gasteiger partial charge < -0.3 is 4.90 Å². The fraction of sp³-hybridized carbons (Fsp3) is 0.409. The number of carbonyl (C=O) groups excluding carboxylic acids is 1. The number of hydrogen-bond acceptors (Lipinski definition) is 5. The number of fused-ring (bicyclic) bond motifs is 1. The van der Waals surface area contributed by atoms with Crippen LogP contribution in [0.5, 0.6) is 0 Å². The van der Waals surface area contributed by atoms with Gasteiger partial charge in [-0.1, -0.05) is 30.3 Å². The molecule has 1 amide bonds. The molecule has 0 N–H and O–H groups in total. The molecule has 1 aliphatic heterocycles. The number of hydrogen-bond donors (Lipinski definition) is 0. The Hall–Kier alpha value is -2.31. The maximum atomic E-state index is 13.3. The van der Waals surface area contributed by atoms with Gasteiger partial charge in [0, 0.05) is 43.8 Å². The monoisotopic (exact) mass is 394 g/mol. The summed E-state index contributed by atoms with van der Waals surface area (Å²) in [6, 6.07) is 10.5. The molecule has 1 aromatic carbocycles. The largest absolute Gasteiger partial charge is 0.337 e. The minimum atomic E-state index is 0.138. The standard InChI is InChI=1S/C22H26N4OS/c1-15-19-16(2)23-17(3)24-21(19)28-20(15)22(27)26-11-7-10-25(12-13-26)14-18-8-5-4-6-9-18/h4-6,8-9H,7,10-14H2,1-3H3. The molecule has 0 spiro atoms. The third-order valence-corrected chi connectivity index (χ3v) is 6.58. The molecule has 0 saturated carbocycles. The van der Waals surface area contributed by atoms with Crippen LogP contribution in [0.3, 0.4) is 0 Å². The van der Waals surface area contributed by atoms with Crippen molar-refractivity contribution in [1.29, 1.82) is 0 Å². The first-order valence-corrected chi connectivity index (χ1v) is 10.6. The highest BCUT2D eigenvalue weighted by atomic mass is 32.1. The molecule has 1 saturated heterocycles. The average molecular weight is 395 g/mol. The van der Waals surface area contributed by atoms with Gasteiger partial charge in [-0.2, -0.15) is 0 Å². The van der Waals surface area contributed by atoms with Crippen molar-refractivity contribution in [2.24, 2.45) is 0 Å². The molecule has 1 fully saturated rings. The first-order valence-electron chi connectivity index (χ1n) is 9.83. The number of nitrogens with zero attached hydrogens (tertiary/aromatic N) is 4. The van der Waals surface area contributed by atoms with Crippen LogP contribution in [0.2, 0.25) is 0 Å². The average Bonchev–Trinajstić information content (AvgIpc) is 2.85. The van der Waals surface area contributed by atoms with Gasteiger partial charge >= 0.3 is 0 Å². The Morgan fingerprint density at radius 2 is 1.82 bits per heavy atom. The Morgan fingerprint density at radius 1 is 1.04 bits per heavy atom. The molecule has 1 aliphatic rings. The molecule has 4 rings (SSSR count). The fourth-order valence-corrected chi connectivity index (χ4v) is 5.24. The first-order chi connectivity index (χ1) is 13.5. The number of aryl methyl sites for hydroxylation is 3. The number of carbonyl (C=O) groups is 1. The molecule has 2 aromatic heterocycles. The van der Waals surface area contributed by atoms with E-state index in [1.807, 2.05) is 31.7 Å². The lowest BCUT2D eigenvalue weighted by Gasteiger charge is -2.22. The van der Waals surface area contributed by atoms with Gasteiger partial charge in [-0.3, -0.25) is 9.69 Å². The molecule has 3 aromatic rings. The topological polar surface area (TPSA) is 49.3 Å². The second kappa shape index (κ2) is 7.97. The summed E-state index contributed by atoms with van der Waals surface area (Å²) in [5, 5.41) is 1.04. The van der Waals surface area contributed by atoms with Crippen molar-refractivity contribution in [2.75, 3.05) is 26.2 Å². The zero-order valence-corrected chi connectivity index (χ0v) is 17.6. The maximum absolute atomic E-state index is 13.3. The van der Waals surface area contributed by atoms with Crippen LogP contribution >= 0.6 is 11.3 Å². The highest BCUT2D eigenvalue weighted by Crippen LogP contribution is 2.32. The molecular weight excluding hydrogens is 368 g/mol. The molecule has 28 heavy (non-hydrogen) atoms. The number of benzene rings is 1. The number of thiophene rings is 1. The fourth-order valence-electron chi connectivity index (χ4n) is 3.99.